The van der Waals surface area contributed by atoms with Gasteiger partial charge in [0.15, 0.2) is 0 Å². The van der Waals surface area contributed by atoms with E-state index in [9.17, 15) is 14.4 Å². The Balaban J connectivity index is 2.66. The van der Waals surface area contributed by atoms with Crippen molar-refractivity contribution in [1.82, 2.24) is 5.32 Å². The quantitative estimate of drug-likeness (QED) is 0.567. The van der Waals surface area contributed by atoms with Crippen LogP contribution in [0.3, 0.4) is 0 Å². The van der Waals surface area contributed by atoms with Gasteiger partial charge in [-0.05, 0) is 11.4 Å². The maximum atomic E-state index is 11.7. The van der Waals surface area contributed by atoms with E-state index in [0.29, 0.717) is 4.88 Å². The Morgan fingerprint density at radius 2 is 2.06 bits per heavy atom. The van der Waals surface area contributed by atoms with Crippen LogP contribution in [0.25, 0.3) is 0 Å². The maximum Gasteiger partial charge on any atom is 0.326 e. The Morgan fingerprint density at radius 3 is 2.50 bits per heavy atom. The average molecular weight is 272 g/mol. The molecule has 0 aliphatic rings. The molecule has 5 N–H and O–H groups in total. The van der Waals surface area contributed by atoms with Crippen molar-refractivity contribution in [3.63, 3.8) is 0 Å². The van der Waals surface area contributed by atoms with Crippen molar-refractivity contribution in [3.8, 4) is 0 Å². The van der Waals surface area contributed by atoms with Gasteiger partial charge in [-0.3, -0.25) is 9.59 Å². The van der Waals surface area contributed by atoms with E-state index in [-0.39, 0.29) is 0 Å². The fraction of sp³-hybridized carbons (Fsp3) is 0.300. The zero-order valence-electron chi connectivity index (χ0n) is 9.20. The zero-order chi connectivity index (χ0) is 13.7. The normalized spacial score (nSPS) is 13.6. The van der Waals surface area contributed by atoms with E-state index < -0.39 is 36.4 Å². The summed E-state index contributed by atoms with van der Waals surface area (Å²) in [4.78, 5) is 33.4. The van der Waals surface area contributed by atoms with Gasteiger partial charge in [-0.1, -0.05) is 6.07 Å². The summed E-state index contributed by atoms with van der Waals surface area (Å²) in [7, 11) is 0. The molecule has 0 aliphatic heterocycles. The first-order chi connectivity index (χ1) is 8.41. The van der Waals surface area contributed by atoms with Gasteiger partial charge in [0.1, 0.15) is 12.1 Å². The van der Waals surface area contributed by atoms with Crippen LogP contribution in [-0.4, -0.2) is 34.1 Å². The number of carbonyl (C=O) groups excluding carboxylic acids is 1. The number of nitrogens with one attached hydrogen (secondary N) is 1. The largest absolute Gasteiger partial charge is 0.481 e. The third-order valence-corrected chi connectivity index (χ3v) is 3.08. The fourth-order valence-electron chi connectivity index (χ4n) is 1.23. The van der Waals surface area contributed by atoms with Gasteiger partial charge in [-0.25, -0.2) is 4.79 Å². The molecular weight excluding hydrogens is 260 g/mol. The zero-order valence-corrected chi connectivity index (χ0v) is 10.0. The number of thiophene rings is 1. The Kier molecular flexibility index (Phi) is 4.81. The van der Waals surface area contributed by atoms with E-state index in [1.807, 2.05) is 0 Å². The molecule has 1 aromatic heterocycles. The summed E-state index contributed by atoms with van der Waals surface area (Å²) in [6.07, 6.45) is -0.696. The summed E-state index contributed by atoms with van der Waals surface area (Å²) in [6, 6.07) is 0.864. The van der Waals surface area contributed by atoms with Crippen molar-refractivity contribution >= 4 is 29.2 Å². The summed E-state index contributed by atoms with van der Waals surface area (Å²) in [5.41, 5.74) is 5.62. The van der Waals surface area contributed by atoms with Crippen molar-refractivity contribution in [3.05, 3.63) is 22.4 Å². The molecule has 1 heterocycles. The molecule has 0 radical (unpaired) electrons. The van der Waals surface area contributed by atoms with Gasteiger partial charge in [0.25, 0.3) is 0 Å². The molecule has 0 aromatic carbocycles. The summed E-state index contributed by atoms with van der Waals surface area (Å²) in [6.45, 7) is 0. The number of aliphatic carboxylic acids is 2. The minimum atomic E-state index is -1.49. The first kappa shape index (κ1) is 14.1. The monoisotopic (exact) mass is 272 g/mol. The number of hydrogen-bond acceptors (Lipinski definition) is 5. The molecule has 7 nitrogen and oxygen atoms in total. The summed E-state index contributed by atoms with van der Waals surface area (Å²) in [5.74, 6) is -3.44. The number of carbonyl (C=O) groups is 3. The van der Waals surface area contributed by atoms with E-state index >= 15 is 0 Å². The molecular formula is C10H12N2O5S. The van der Waals surface area contributed by atoms with Crippen LogP contribution in [0.2, 0.25) is 0 Å². The lowest BCUT2D eigenvalue weighted by Gasteiger charge is -2.15. The molecule has 2 unspecified atom stereocenters. The van der Waals surface area contributed by atoms with Gasteiger partial charge >= 0.3 is 11.9 Å². The van der Waals surface area contributed by atoms with Crippen LogP contribution in [0.15, 0.2) is 17.5 Å². The molecule has 0 saturated heterocycles. The molecule has 0 bridgehead atoms. The van der Waals surface area contributed by atoms with Crippen molar-refractivity contribution in [1.29, 1.82) is 0 Å². The second-order valence-electron chi connectivity index (χ2n) is 3.49. The molecule has 0 saturated carbocycles. The van der Waals surface area contributed by atoms with Gasteiger partial charge in [-0.15, -0.1) is 11.3 Å². The van der Waals surface area contributed by atoms with Crippen molar-refractivity contribution in [2.24, 2.45) is 5.73 Å². The Morgan fingerprint density at radius 1 is 1.39 bits per heavy atom. The van der Waals surface area contributed by atoms with Crippen LogP contribution in [0.1, 0.15) is 17.3 Å². The van der Waals surface area contributed by atoms with Crippen LogP contribution in [0, 0.1) is 0 Å². The molecule has 1 rings (SSSR count). The lowest BCUT2D eigenvalue weighted by Crippen LogP contribution is -2.45. The molecule has 0 spiro atoms. The third kappa shape index (κ3) is 3.82. The molecule has 18 heavy (non-hydrogen) atoms. The lowest BCUT2D eigenvalue weighted by molar-refractivity contribution is -0.147. The Bertz CT molecular complexity index is 445. The maximum absolute atomic E-state index is 11.7. The van der Waals surface area contributed by atoms with E-state index in [0.717, 1.165) is 0 Å². The van der Waals surface area contributed by atoms with Crippen LogP contribution in [0.4, 0.5) is 0 Å². The van der Waals surface area contributed by atoms with Crippen LogP contribution >= 0.6 is 11.3 Å². The highest BCUT2D eigenvalue weighted by Crippen LogP contribution is 2.16. The smallest absolute Gasteiger partial charge is 0.326 e. The summed E-state index contributed by atoms with van der Waals surface area (Å²) >= 11 is 1.26. The van der Waals surface area contributed by atoms with Crippen LogP contribution in [0.5, 0.6) is 0 Å². The predicted molar refractivity (Wildman–Crippen MR) is 63.1 cm³/mol. The number of nitrogens with two attached hydrogens (primary N) is 1. The van der Waals surface area contributed by atoms with E-state index in [1.54, 1.807) is 17.5 Å². The molecule has 98 valence electrons. The molecule has 1 aromatic rings. The van der Waals surface area contributed by atoms with Gasteiger partial charge in [0.2, 0.25) is 5.91 Å². The Hall–Kier alpha value is -1.93. The summed E-state index contributed by atoms with van der Waals surface area (Å²) < 4.78 is 0. The number of amides is 1. The molecule has 2 atom stereocenters. The number of carboxylic acids is 2. The first-order valence-corrected chi connectivity index (χ1v) is 5.83. The second kappa shape index (κ2) is 6.12. The lowest BCUT2D eigenvalue weighted by atomic mass is 10.1. The minimum absolute atomic E-state index is 0.576. The highest BCUT2D eigenvalue weighted by atomic mass is 32.1. The van der Waals surface area contributed by atoms with Crippen molar-refractivity contribution < 1.29 is 24.6 Å². The van der Waals surface area contributed by atoms with Gasteiger partial charge in [-0.2, -0.15) is 0 Å². The molecule has 1 amide bonds. The third-order valence-electron chi connectivity index (χ3n) is 2.13. The molecule has 0 fully saturated rings. The number of hydrogen-bond donors (Lipinski definition) is 4. The summed E-state index contributed by atoms with van der Waals surface area (Å²) in [5, 5.41) is 21.1. The highest BCUT2D eigenvalue weighted by molar-refractivity contribution is 7.10. The van der Waals surface area contributed by atoms with Gasteiger partial charge in [0, 0.05) is 4.88 Å². The van der Waals surface area contributed by atoms with Crippen LogP contribution < -0.4 is 11.1 Å². The SMILES string of the molecule is NC(C(=O)NC(CC(=O)O)C(=O)O)c1cccs1. The first-order valence-electron chi connectivity index (χ1n) is 4.95. The van der Waals surface area contributed by atoms with Gasteiger partial charge in [0.05, 0.1) is 6.42 Å². The fourth-order valence-corrected chi connectivity index (χ4v) is 1.96. The minimum Gasteiger partial charge on any atom is -0.481 e. The van der Waals surface area contributed by atoms with Gasteiger partial charge < -0.3 is 21.3 Å². The van der Waals surface area contributed by atoms with E-state index in [1.165, 1.54) is 11.3 Å². The van der Waals surface area contributed by atoms with Crippen molar-refractivity contribution in [2.75, 3.05) is 0 Å². The Labute approximate surface area is 106 Å². The van der Waals surface area contributed by atoms with Crippen molar-refractivity contribution in [2.45, 2.75) is 18.5 Å². The van der Waals surface area contributed by atoms with Crippen LogP contribution in [-0.2, 0) is 14.4 Å². The topological polar surface area (TPSA) is 130 Å². The standard InChI is InChI=1S/C10H12N2O5S/c11-8(6-2-1-3-18-6)9(15)12-5(10(16)17)4-7(13)14/h1-3,5,8H,4,11H2,(H,12,15)(H,13,14)(H,16,17). The molecule has 8 heteroatoms. The second-order valence-corrected chi connectivity index (χ2v) is 4.47. The predicted octanol–water partition coefficient (Wildman–Crippen LogP) is -0.208. The number of rotatable bonds is 6. The highest BCUT2D eigenvalue weighted by Gasteiger charge is 2.26. The average Bonchev–Trinajstić information content (AvgIpc) is 2.79. The number of carboxylic acid groups (broad SMARTS) is 2. The van der Waals surface area contributed by atoms with E-state index in [4.69, 9.17) is 15.9 Å². The molecule has 0 aliphatic carbocycles. The van der Waals surface area contributed by atoms with E-state index in [2.05, 4.69) is 5.32 Å².